The van der Waals surface area contributed by atoms with Gasteiger partial charge in [-0.2, -0.15) is 5.10 Å². The fourth-order valence-electron chi connectivity index (χ4n) is 2.16. The van der Waals surface area contributed by atoms with Gasteiger partial charge in [-0.25, -0.2) is 0 Å². The number of rotatable bonds is 4. The van der Waals surface area contributed by atoms with Crippen molar-refractivity contribution in [2.45, 2.75) is 52.1 Å². The Labute approximate surface area is 123 Å². The molecule has 0 radical (unpaired) electrons. The zero-order valence-corrected chi connectivity index (χ0v) is 13.5. The highest BCUT2D eigenvalue weighted by Crippen LogP contribution is 2.31. The summed E-state index contributed by atoms with van der Waals surface area (Å²) in [5.41, 5.74) is 2.85. The fraction of sp³-hybridized carbons (Fsp3) is 0.643. The van der Waals surface area contributed by atoms with Crippen molar-refractivity contribution in [2.75, 3.05) is 0 Å². The molecule has 2 aromatic heterocycles. The summed E-state index contributed by atoms with van der Waals surface area (Å²) >= 11 is 1.28. The normalized spacial score (nSPS) is 13.7. The van der Waals surface area contributed by atoms with E-state index in [1.54, 1.807) is 0 Å². The van der Waals surface area contributed by atoms with Crippen molar-refractivity contribution < 1.29 is 5.11 Å². The lowest BCUT2D eigenvalue weighted by Gasteiger charge is -2.18. The Kier molecular flexibility index (Phi) is 4.25. The van der Waals surface area contributed by atoms with Gasteiger partial charge in [0.1, 0.15) is 0 Å². The van der Waals surface area contributed by atoms with E-state index < -0.39 is 6.10 Å². The number of aryl methyl sites for hydroxylation is 2. The Bertz CT molecular complexity index is 582. The second kappa shape index (κ2) is 5.61. The summed E-state index contributed by atoms with van der Waals surface area (Å²) in [5, 5.41) is 19.1. The third kappa shape index (κ3) is 3.07. The van der Waals surface area contributed by atoms with Crippen molar-refractivity contribution in [2.24, 2.45) is 7.05 Å². The average Bonchev–Trinajstić information content (AvgIpc) is 2.96. The maximum absolute atomic E-state index is 10.5. The van der Waals surface area contributed by atoms with Gasteiger partial charge in [0.25, 0.3) is 0 Å². The van der Waals surface area contributed by atoms with Gasteiger partial charge in [0.15, 0.2) is 0 Å². The van der Waals surface area contributed by atoms with E-state index in [0.717, 1.165) is 28.4 Å². The van der Waals surface area contributed by atoms with E-state index in [9.17, 15) is 5.11 Å². The van der Waals surface area contributed by atoms with Gasteiger partial charge in [-0.1, -0.05) is 32.2 Å². The predicted molar refractivity (Wildman–Crippen MR) is 79.9 cm³/mol. The zero-order valence-electron chi connectivity index (χ0n) is 12.7. The highest BCUT2D eigenvalue weighted by molar-refractivity contribution is 7.05. The number of aromatic nitrogens is 4. The molecule has 1 unspecified atom stereocenters. The Morgan fingerprint density at radius 3 is 2.65 bits per heavy atom. The SMILES string of the molecule is CCc1cc(CC(O)c2snnc2C(C)(C)C)n(C)n1. The van der Waals surface area contributed by atoms with Crippen LogP contribution in [0.3, 0.4) is 0 Å². The molecule has 0 amide bonds. The molecular formula is C14H22N4OS. The molecule has 20 heavy (non-hydrogen) atoms. The Hall–Kier alpha value is -1.27. The molecule has 1 N–H and O–H groups in total. The second-order valence-electron chi connectivity index (χ2n) is 6.06. The lowest BCUT2D eigenvalue weighted by molar-refractivity contribution is 0.177. The molecule has 0 fully saturated rings. The van der Waals surface area contributed by atoms with Gasteiger partial charge in [0.2, 0.25) is 0 Å². The zero-order chi connectivity index (χ0) is 14.9. The maximum atomic E-state index is 10.5. The molecule has 0 bridgehead atoms. The first-order chi connectivity index (χ1) is 9.32. The quantitative estimate of drug-likeness (QED) is 0.940. The lowest BCUT2D eigenvalue weighted by atomic mass is 9.90. The largest absolute Gasteiger partial charge is 0.387 e. The van der Waals surface area contributed by atoms with E-state index >= 15 is 0 Å². The summed E-state index contributed by atoms with van der Waals surface area (Å²) in [6, 6.07) is 2.05. The third-order valence-corrected chi connectivity index (χ3v) is 4.14. The van der Waals surface area contributed by atoms with Crippen molar-refractivity contribution in [3.63, 3.8) is 0 Å². The Balaban J connectivity index is 2.22. The molecule has 0 aliphatic rings. The van der Waals surface area contributed by atoms with Gasteiger partial charge in [0, 0.05) is 24.6 Å². The predicted octanol–water partition coefficient (Wildman–Crippen LogP) is 2.41. The van der Waals surface area contributed by atoms with Crippen molar-refractivity contribution >= 4 is 11.5 Å². The minimum Gasteiger partial charge on any atom is -0.387 e. The molecule has 0 aliphatic heterocycles. The first-order valence-corrected chi connectivity index (χ1v) is 7.62. The van der Waals surface area contributed by atoms with Crippen LogP contribution in [0.5, 0.6) is 0 Å². The molecule has 5 nitrogen and oxygen atoms in total. The van der Waals surface area contributed by atoms with E-state index in [0.29, 0.717) is 6.42 Å². The van der Waals surface area contributed by atoms with E-state index in [4.69, 9.17) is 0 Å². The monoisotopic (exact) mass is 294 g/mol. The van der Waals surface area contributed by atoms with Gasteiger partial charge < -0.3 is 5.11 Å². The number of nitrogens with zero attached hydrogens (tertiary/aromatic N) is 4. The number of hydrogen-bond donors (Lipinski definition) is 1. The van der Waals surface area contributed by atoms with Crippen LogP contribution in [0.15, 0.2) is 6.07 Å². The van der Waals surface area contributed by atoms with Crippen LogP contribution in [0.1, 0.15) is 55.8 Å². The van der Waals surface area contributed by atoms with Crippen molar-refractivity contribution in [1.29, 1.82) is 0 Å². The van der Waals surface area contributed by atoms with E-state index in [1.165, 1.54) is 11.5 Å². The van der Waals surface area contributed by atoms with E-state index in [2.05, 4.69) is 48.4 Å². The van der Waals surface area contributed by atoms with Crippen LogP contribution in [0.2, 0.25) is 0 Å². The van der Waals surface area contributed by atoms with Crippen LogP contribution in [-0.2, 0) is 25.3 Å². The van der Waals surface area contributed by atoms with E-state index in [-0.39, 0.29) is 5.41 Å². The fourth-order valence-corrected chi connectivity index (χ4v) is 3.01. The van der Waals surface area contributed by atoms with Crippen LogP contribution in [0.25, 0.3) is 0 Å². The molecule has 0 aromatic carbocycles. The third-order valence-electron chi connectivity index (χ3n) is 3.32. The lowest BCUT2D eigenvalue weighted by Crippen LogP contribution is -2.16. The molecule has 0 saturated heterocycles. The van der Waals surface area contributed by atoms with Gasteiger partial charge in [-0.3, -0.25) is 4.68 Å². The molecule has 1 atom stereocenters. The standard InChI is InChI=1S/C14H22N4OS/c1-6-9-7-10(18(5)16-9)8-11(19)12-13(14(2,3)4)15-17-20-12/h7,11,19H,6,8H2,1-5H3. The molecule has 0 aliphatic carbocycles. The molecular weight excluding hydrogens is 272 g/mol. The minimum atomic E-state index is -0.579. The highest BCUT2D eigenvalue weighted by Gasteiger charge is 2.27. The topological polar surface area (TPSA) is 63.8 Å². The molecule has 6 heteroatoms. The maximum Gasteiger partial charge on any atom is 0.0972 e. The highest BCUT2D eigenvalue weighted by atomic mass is 32.1. The summed E-state index contributed by atoms with van der Waals surface area (Å²) in [6.07, 6.45) is 0.861. The van der Waals surface area contributed by atoms with Crippen LogP contribution in [-0.4, -0.2) is 24.5 Å². The summed E-state index contributed by atoms with van der Waals surface area (Å²) in [4.78, 5) is 0.858. The summed E-state index contributed by atoms with van der Waals surface area (Å²) in [7, 11) is 1.91. The van der Waals surface area contributed by atoms with Crippen LogP contribution in [0, 0.1) is 0 Å². The molecule has 0 saturated carbocycles. The first kappa shape index (κ1) is 15.1. The summed E-state index contributed by atoms with van der Waals surface area (Å²) in [6.45, 7) is 8.32. The van der Waals surface area contributed by atoms with Crippen molar-refractivity contribution in [3.05, 3.63) is 28.0 Å². The Morgan fingerprint density at radius 1 is 1.40 bits per heavy atom. The summed E-state index contributed by atoms with van der Waals surface area (Å²) < 4.78 is 5.84. The minimum absolute atomic E-state index is 0.107. The van der Waals surface area contributed by atoms with Crippen LogP contribution >= 0.6 is 11.5 Å². The first-order valence-electron chi connectivity index (χ1n) is 6.85. The average molecular weight is 294 g/mol. The van der Waals surface area contributed by atoms with E-state index in [1.807, 2.05) is 11.7 Å². The summed E-state index contributed by atoms with van der Waals surface area (Å²) in [5.74, 6) is 0. The number of hydrogen-bond acceptors (Lipinski definition) is 5. The molecule has 2 heterocycles. The van der Waals surface area contributed by atoms with Gasteiger partial charge in [-0.05, 0) is 24.0 Å². The van der Waals surface area contributed by atoms with Crippen LogP contribution < -0.4 is 0 Å². The van der Waals surface area contributed by atoms with Crippen molar-refractivity contribution in [1.82, 2.24) is 19.4 Å². The smallest absolute Gasteiger partial charge is 0.0972 e. The second-order valence-corrected chi connectivity index (χ2v) is 6.85. The molecule has 2 aromatic rings. The molecule has 110 valence electrons. The van der Waals surface area contributed by atoms with Gasteiger partial charge in [-0.15, -0.1) is 5.10 Å². The van der Waals surface area contributed by atoms with Crippen molar-refractivity contribution in [3.8, 4) is 0 Å². The number of aliphatic hydroxyl groups is 1. The molecule has 0 spiro atoms. The number of aliphatic hydroxyl groups excluding tert-OH is 1. The van der Waals surface area contributed by atoms with Gasteiger partial charge in [0.05, 0.1) is 22.4 Å². The van der Waals surface area contributed by atoms with Gasteiger partial charge >= 0.3 is 0 Å². The molecule has 2 rings (SSSR count). The Morgan fingerprint density at radius 2 is 2.10 bits per heavy atom. The van der Waals surface area contributed by atoms with Crippen LogP contribution in [0.4, 0.5) is 0 Å².